The Morgan fingerprint density at radius 1 is 1.53 bits per heavy atom. The first-order chi connectivity index (χ1) is 9.11. The second kappa shape index (κ2) is 6.73. The van der Waals surface area contributed by atoms with E-state index in [0.29, 0.717) is 12.1 Å². The zero-order valence-electron chi connectivity index (χ0n) is 11.9. The molecule has 0 aliphatic carbocycles. The lowest BCUT2D eigenvalue weighted by atomic mass is 10.1. The van der Waals surface area contributed by atoms with E-state index >= 15 is 0 Å². The average Bonchev–Trinajstić information content (AvgIpc) is 2.90. The minimum Gasteiger partial charge on any atom is -0.376 e. The molecule has 1 saturated heterocycles. The smallest absolute Gasteiger partial charge is 0.0750 e. The van der Waals surface area contributed by atoms with Crippen molar-refractivity contribution in [3.05, 3.63) is 28.2 Å². The summed E-state index contributed by atoms with van der Waals surface area (Å²) in [5.74, 6) is 0. The maximum absolute atomic E-state index is 5.73. The van der Waals surface area contributed by atoms with E-state index < -0.39 is 0 Å². The molecule has 1 aliphatic heterocycles. The fraction of sp³-hybridized carbons (Fsp3) is 0.600. The van der Waals surface area contributed by atoms with Crippen molar-refractivity contribution in [2.24, 2.45) is 0 Å². The van der Waals surface area contributed by atoms with Gasteiger partial charge in [-0.3, -0.25) is 0 Å². The van der Waals surface area contributed by atoms with Crippen LogP contribution >= 0.6 is 15.9 Å². The van der Waals surface area contributed by atoms with Crippen LogP contribution in [0.3, 0.4) is 0 Å². The Hall–Kier alpha value is -0.580. The molecule has 4 heteroatoms. The molecule has 19 heavy (non-hydrogen) atoms. The second-order valence-electron chi connectivity index (χ2n) is 5.23. The zero-order valence-corrected chi connectivity index (χ0v) is 13.5. The summed E-state index contributed by atoms with van der Waals surface area (Å²) in [6, 6.07) is 6.82. The molecular formula is C15H23BrN2O. The van der Waals surface area contributed by atoms with Crippen molar-refractivity contribution in [1.82, 2.24) is 5.32 Å². The number of likely N-dealkylation sites (N-methyl/N-ethyl adjacent to an activating group) is 1. The highest BCUT2D eigenvalue weighted by molar-refractivity contribution is 9.10. The largest absolute Gasteiger partial charge is 0.376 e. The maximum Gasteiger partial charge on any atom is 0.0750 e. The Balaban J connectivity index is 2.17. The second-order valence-corrected chi connectivity index (χ2v) is 6.14. The van der Waals surface area contributed by atoms with E-state index in [1.165, 1.54) is 24.1 Å². The highest BCUT2D eigenvalue weighted by Gasteiger charge is 2.20. The van der Waals surface area contributed by atoms with Gasteiger partial charge in [-0.1, -0.05) is 15.9 Å². The summed E-state index contributed by atoms with van der Waals surface area (Å²) in [6.45, 7) is 4.06. The minimum absolute atomic E-state index is 0.333. The number of anilines is 1. The summed E-state index contributed by atoms with van der Waals surface area (Å²) in [5, 5.41) is 3.32. The molecule has 2 unspecified atom stereocenters. The normalized spacial score (nSPS) is 20.5. The van der Waals surface area contributed by atoms with Gasteiger partial charge in [-0.25, -0.2) is 0 Å². The third kappa shape index (κ3) is 3.71. The molecule has 0 saturated carbocycles. The van der Waals surface area contributed by atoms with Crippen molar-refractivity contribution < 1.29 is 4.74 Å². The molecule has 1 fully saturated rings. The molecule has 106 valence electrons. The van der Waals surface area contributed by atoms with Gasteiger partial charge in [-0.15, -0.1) is 0 Å². The molecule has 1 aromatic rings. The van der Waals surface area contributed by atoms with Crippen LogP contribution in [0.2, 0.25) is 0 Å². The molecule has 3 nitrogen and oxygen atoms in total. The van der Waals surface area contributed by atoms with E-state index in [-0.39, 0.29) is 0 Å². The van der Waals surface area contributed by atoms with Crippen molar-refractivity contribution in [1.29, 1.82) is 0 Å². The van der Waals surface area contributed by atoms with Gasteiger partial charge in [0, 0.05) is 36.4 Å². The molecule has 1 aromatic carbocycles. The lowest BCUT2D eigenvalue weighted by Crippen LogP contribution is -2.30. The van der Waals surface area contributed by atoms with Crippen LogP contribution in [0.15, 0.2) is 22.7 Å². The van der Waals surface area contributed by atoms with E-state index in [0.717, 1.165) is 17.6 Å². The summed E-state index contributed by atoms with van der Waals surface area (Å²) in [5.41, 5.74) is 2.60. The lowest BCUT2D eigenvalue weighted by molar-refractivity contribution is 0.116. The molecule has 0 spiro atoms. The van der Waals surface area contributed by atoms with E-state index in [9.17, 15) is 0 Å². The fourth-order valence-electron chi connectivity index (χ4n) is 2.57. The van der Waals surface area contributed by atoms with E-state index in [4.69, 9.17) is 4.74 Å². The Labute approximate surface area is 124 Å². The van der Waals surface area contributed by atoms with Gasteiger partial charge in [0.1, 0.15) is 0 Å². The number of ether oxygens (including phenoxy) is 1. The molecular weight excluding hydrogens is 304 g/mol. The molecule has 2 atom stereocenters. The average molecular weight is 327 g/mol. The molecule has 1 heterocycles. The quantitative estimate of drug-likeness (QED) is 0.898. The van der Waals surface area contributed by atoms with E-state index in [1.54, 1.807) is 0 Å². The van der Waals surface area contributed by atoms with Gasteiger partial charge < -0.3 is 15.0 Å². The van der Waals surface area contributed by atoms with Gasteiger partial charge in [-0.05, 0) is 50.6 Å². The molecule has 1 aliphatic rings. The Kier molecular flexibility index (Phi) is 5.25. The first-order valence-electron chi connectivity index (χ1n) is 6.91. The molecule has 0 bridgehead atoms. The van der Waals surface area contributed by atoms with Crippen LogP contribution in [0.4, 0.5) is 5.69 Å². The predicted molar refractivity (Wildman–Crippen MR) is 83.9 cm³/mol. The van der Waals surface area contributed by atoms with E-state index in [1.807, 2.05) is 7.05 Å². The summed E-state index contributed by atoms with van der Waals surface area (Å²) >= 11 is 3.56. The van der Waals surface area contributed by atoms with Gasteiger partial charge in [0.2, 0.25) is 0 Å². The predicted octanol–water partition coefficient (Wildman–Crippen LogP) is 3.34. The Morgan fingerprint density at radius 2 is 2.32 bits per heavy atom. The van der Waals surface area contributed by atoms with Crippen molar-refractivity contribution >= 4 is 21.6 Å². The maximum atomic E-state index is 5.73. The first-order valence-corrected chi connectivity index (χ1v) is 7.70. The monoisotopic (exact) mass is 326 g/mol. The Bertz CT molecular complexity index is 419. The molecule has 0 aromatic heterocycles. The molecule has 0 amide bonds. The van der Waals surface area contributed by atoms with Crippen molar-refractivity contribution in [3.63, 3.8) is 0 Å². The Morgan fingerprint density at radius 3 is 2.95 bits per heavy atom. The van der Waals surface area contributed by atoms with Crippen LogP contribution in [0.5, 0.6) is 0 Å². The summed E-state index contributed by atoms with van der Waals surface area (Å²) < 4.78 is 6.85. The number of nitrogens with zero attached hydrogens (tertiary/aromatic N) is 1. The lowest BCUT2D eigenvalue weighted by Gasteiger charge is -2.27. The van der Waals surface area contributed by atoms with Crippen LogP contribution in [0, 0.1) is 0 Å². The minimum atomic E-state index is 0.333. The van der Waals surface area contributed by atoms with Crippen LogP contribution in [0.1, 0.15) is 31.4 Å². The van der Waals surface area contributed by atoms with Crippen LogP contribution in [0.25, 0.3) is 0 Å². The highest BCUT2D eigenvalue weighted by Crippen LogP contribution is 2.29. The number of halogens is 1. The van der Waals surface area contributed by atoms with Gasteiger partial charge in [0.15, 0.2) is 0 Å². The summed E-state index contributed by atoms with van der Waals surface area (Å²) in [4.78, 5) is 2.31. The third-order valence-corrected chi connectivity index (χ3v) is 4.30. The summed E-state index contributed by atoms with van der Waals surface area (Å²) in [7, 11) is 4.15. The van der Waals surface area contributed by atoms with Gasteiger partial charge in [0.25, 0.3) is 0 Å². The third-order valence-electron chi connectivity index (χ3n) is 3.80. The topological polar surface area (TPSA) is 24.5 Å². The number of hydrogen-bond donors (Lipinski definition) is 1. The van der Waals surface area contributed by atoms with Crippen LogP contribution in [-0.4, -0.2) is 33.4 Å². The van der Waals surface area contributed by atoms with Gasteiger partial charge in [0.05, 0.1) is 6.10 Å². The highest BCUT2D eigenvalue weighted by atomic mass is 79.9. The number of nitrogens with one attached hydrogen (secondary N) is 1. The molecule has 2 rings (SSSR count). The van der Waals surface area contributed by atoms with Crippen molar-refractivity contribution in [2.75, 3.05) is 32.1 Å². The molecule has 1 N–H and O–H groups in total. The molecule has 0 radical (unpaired) electrons. The fourth-order valence-corrected chi connectivity index (χ4v) is 2.95. The summed E-state index contributed by atoms with van der Waals surface area (Å²) in [6.07, 6.45) is 2.75. The number of rotatable bonds is 5. The van der Waals surface area contributed by atoms with Crippen molar-refractivity contribution in [2.45, 2.75) is 31.9 Å². The van der Waals surface area contributed by atoms with Gasteiger partial charge >= 0.3 is 0 Å². The van der Waals surface area contributed by atoms with Gasteiger partial charge in [-0.2, -0.15) is 0 Å². The zero-order chi connectivity index (χ0) is 13.8. The SMILES string of the molecule is CNC(C)c1cc(Br)ccc1N(C)CC1CCCO1. The van der Waals surface area contributed by atoms with Crippen LogP contribution in [-0.2, 0) is 4.74 Å². The standard InChI is InChI=1S/C15H23BrN2O/c1-11(17-2)14-9-12(16)6-7-15(14)18(3)10-13-5-4-8-19-13/h6-7,9,11,13,17H,4-5,8,10H2,1-3H3. The van der Waals surface area contributed by atoms with Crippen molar-refractivity contribution in [3.8, 4) is 0 Å². The first kappa shape index (κ1) is 14.8. The number of benzene rings is 1. The van der Waals surface area contributed by atoms with Crippen LogP contribution < -0.4 is 10.2 Å². The number of hydrogen-bond acceptors (Lipinski definition) is 3. The van der Waals surface area contributed by atoms with E-state index in [2.05, 4.69) is 58.3 Å².